The fourth-order valence-electron chi connectivity index (χ4n) is 3.32. The number of nitrogens with zero attached hydrogens (tertiary/aromatic N) is 3. The number of oxazole rings is 1. The number of alkyl halides is 2. The summed E-state index contributed by atoms with van der Waals surface area (Å²) >= 11 is 14.8. The maximum absolute atomic E-state index is 12.4. The number of amides is 1. The van der Waals surface area contributed by atoms with Gasteiger partial charge in [-0.1, -0.05) is 44.2 Å². The number of thiazole rings is 1. The van der Waals surface area contributed by atoms with Gasteiger partial charge in [0.2, 0.25) is 11.8 Å². The molecule has 0 saturated heterocycles. The Morgan fingerprint density at radius 1 is 1.11 bits per heavy atom. The summed E-state index contributed by atoms with van der Waals surface area (Å²) in [6.45, 7) is 7.82. The number of benzene rings is 1. The SMILES string of the molecule is CC(C)(C)c1cnc(CSc2cnc(NC(=O)CCCc3ccc(N(CCCl)CCCl)cc3)s2)o1. The average molecular weight is 556 g/mol. The molecule has 0 spiro atoms. The molecule has 0 fully saturated rings. The van der Waals surface area contributed by atoms with Gasteiger partial charge in [0.15, 0.2) is 5.13 Å². The van der Waals surface area contributed by atoms with E-state index in [1.807, 2.05) is 0 Å². The summed E-state index contributed by atoms with van der Waals surface area (Å²) in [5.41, 5.74) is 2.26. The summed E-state index contributed by atoms with van der Waals surface area (Å²) in [6.07, 6.45) is 5.62. The number of rotatable bonds is 13. The van der Waals surface area contributed by atoms with Crippen molar-refractivity contribution in [1.82, 2.24) is 9.97 Å². The molecule has 1 N–H and O–H groups in total. The minimum Gasteiger partial charge on any atom is -0.444 e. The van der Waals surface area contributed by atoms with Gasteiger partial charge >= 0.3 is 0 Å². The molecule has 1 amide bonds. The van der Waals surface area contributed by atoms with Gasteiger partial charge < -0.3 is 14.6 Å². The summed E-state index contributed by atoms with van der Waals surface area (Å²) < 4.78 is 6.84. The van der Waals surface area contributed by atoms with Crippen LogP contribution >= 0.6 is 46.3 Å². The Hall–Kier alpha value is -1.74. The van der Waals surface area contributed by atoms with Crippen LogP contribution in [0.2, 0.25) is 0 Å². The molecule has 0 aliphatic carbocycles. The van der Waals surface area contributed by atoms with Crippen LogP contribution in [-0.2, 0) is 22.4 Å². The second-order valence-electron chi connectivity index (χ2n) is 9.07. The van der Waals surface area contributed by atoms with Crippen LogP contribution in [0.25, 0.3) is 0 Å². The molecule has 190 valence electrons. The van der Waals surface area contributed by atoms with Gasteiger partial charge in [-0.05, 0) is 30.5 Å². The van der Waals surface area contributed by atoms with Crippen molar-refractivity contribution < 1.29 is 9.21 Å². The zero-order valence-electron chi connectivity index (χ0n) is 20.4. The normalized spacial score (nSPS) is 11.6. The number of thioether (sulfide) groups is 1. The minimum absolute atomic E-state index is 0.0227. The fraction of sp³-hybridized carbons (Fsp3) is 0.480. The van der Waals surface area contributed by atoms with Crippen molar-refractivity contribution in [2.45, 2.75) is 55.4 Å². The smallest absolute Gasteiger partial charge is 0.226 e. The van der Waals surface area contributed by atoms with Crippen molar-refractivity contribution in [1.29, 1.82) is 0 Å². The minimum atomic E-state index is -0.0585. The van der Waals surface area contributed by atoms with Crippen molar-refractivity contribution in [3.8, 4) is 0 Å². The lowest BCUT2D eigenvalue weighted by Crippen LogP contribution is -2.27. The molecule has 0 atom stereocenters. The topological polar surface area (TPSA) is 71.3 Å². The molecule has 0 aliphatic rings. The van der Waals surface area contributed by atoms with Crippen molar-refractivity contribution >= 4 is 63.0 Å². The van der Waals surface area contributed by atoms with Gasteiger partial charge in [0, 0.05) is 42.4 Å². The van der Waals surface area contributed by atoms with Gasteiger partial charge in [-0.3, -0.25) is 4.79 Å². The highest BCUT2D eigenvalue weighted by Crippen LogP contribution is 2.32. The lowest BCUT2D eigenvalue weighted by atomic mass is 9.94. The molecule has 6 nitrogen and oxygen atoms in total. The first-order valence-electron chi connectivity index (χ1n) is 11.6. The van der Waals surface area contributed by atoms with E-state index in [9.17, 15) is 4.79 Å². The first kappa shape index (κ1) is 27.8. The Kier molecular flexibility index (Phi) is 10.8. The predicted molar refractivity (Wildman–Crippen MR) is 149 cm³/mol. The van der Waals surface area contributed by atoms with Crippen LogP contribution in [0.1, 0.15) is 50.8 Å². The van der Waals surface area contributed by atoms with Gasteiger partial charge in [-0.2, -0.15) is 0 Å². The van der Waals surface area contributed by atoms with Crippen LogP contribution in [0.5, 0.6) is 0 Å². The number of carbonyl (C=O) groups is 1. The maximum atomic E-state index is 12.4. The van der Waals surface area contributed by atoms with Gasteiger partial charge in [0.05, 0.1) is 22.4 Å². The lowest BCUT2D eigenvalue weighted by molar-refractivity contribution is -0.116. The molecule has 35 heavy (non-hydrogen) atoms. The molecule has 1 aromatic carbocycles. The number of nitrogens with one attached hydrogen (secondary N) is 1. The van der Waals surface area contributed by atoms with Crippen LogP contribution in [0.4, 0.5) is 10.8 Å². The standard InChI is InChI=1S/C25H32Cl2N4O2S2/c1-25(2,3)20-15-28-22(33-20)17-34-23-16-29-24(35-23)30-21(32)6-4-5-18-7-9-19(10-8-18)31(13-11-26)14-12-27/h7-10,15-16H,4-6,11-14,17H2,1-3H3,(H,29,30,32). The molecule has 0 aliphatic heterocycles. The maximum Gasteiger partial charge on any atom is 0.226 e. The lowest BCUT2D eigenvalue weighted by Gasteiger charge is -2.23. The molecule has 2 aromatic heterocycles. The highest BCUT2D eigenvalue weighted by molar-refractivity contribution is 8.00. The van der Waals surface area contributed by atoms with Crippen molar-refractivity contribution in [2.75, 3.05) is 35.1 Å². The molecule has 10 heteroatoms. The number of anilines is 2. The van der Waals surface area contributed by atoms with E-state index >= 15 is 0 Å². The molecular weight excluding hydrogens is 523 g/mol. The van der Waals surface area contributed by atoms with Crippen LogP contribution < -0.4 is 10.2 Å². The summed E-state index contributed by atoms with van der Waals surface area (Å²) in [7, 11) is 0. The molecule has 2 heterocycles. The quantitative estimate of drug-likeness (QED) is 0.182. The van der Waals surface area contributed by atoms with E-state index in [1.54, 1.807) is 24.2 Å². The predicted octanol–water partition coefficient (Wildman–Crippen LogP) is 6.97. The van der Waals surface area contributed by atoms with E-state index in [0.717, 1.165) is 41.6 Å². The van der Waals surface area contributed by atoms with E-state index in [1.165, 1.54) is 16.9 Å². The van der Waals surface area contributed by atoms with Crippen molar-refractivity contribution in [2.24, 2.45) is 0 Å². The zero-order chi connectivity index (χ0) is 25.3. The molecular formula is C25H32Cl2N4O2S2. The number of halogens is 2. The van der Waals surface area contributed by atoms with Crippen LogP contribution in [0.15, 0.2) is 45.3 Å². The highest BCUT2D eigenvalue weighted by Gasteiger charge is 2.19. The van der Waals surface area contributed by atoms with E-state index in [4.69, 9.17) is 27.6 Å². The zero-order valence-corrected chi connectivity index (χ0v) is 23.5. The summed E-state index contributed by atoms with van der Waals surface area (Å²) in [5, 5.41) is 3.52. The fourth-order valence-corrected chi connectivity index (χ4v) is 5.47. The van der Waals surface area contributed by atoms with Crippen LogP contribution in [0.3, 0.4) is 0 Å². The third kappa shape index (κ3) is 9.01. The van der Waals surface area contributed by atoms with Crippen molar-refractivity contribution in [3.63, 3.8) is 0 Å². The summed E-state index contributed by atoms with van der Waals surface area (Å²) in [5.74, 6) is 3.29. The molecule has 3 aromatic rings. The van der Waals surface area contributed by atoms with Gasteiger partial charge in [0.25, 0.3) is 0 Å². The average Bonchev–Trinajstić information content (AvgIpc) is 3.47. The molecule has 3 rings (SSSR count). The Labute approximate surface area is 225 Å². The Morgan fingerprint density at radius 2 is 1.83 bits per heavy atom. The Morgan fingerprint density at radius 3 is 2.46 bits per heavy atom. The third-order valence-electron chi connectivity index (χ3n) is 5.24. The molecule has 0 radical (unpaired) electrons. The van der Waals surface area contributed by atoms with Gasteiger partial charge in [-0.15, -0.1) is 35.0 Å². The molecule has 0 saturated carbocycles. The van der Waals surface area contributed by atoms with E-state index in [2.05, 4.69) is 65.2 Å². The molecule has 0 unspecified atom stereocenters. The van der Waals surface area contributed by atoms with Crippen molar-refractivity contribution in [3.05, 3.63) is 53.9 Å². The number of hydrogen-bond acceptors (Lipinski definition) is 7. The van der Waals surface area contributed by atoms with E-state index in [0.29, 0.717) is 35.0 Å². The molecule has 0 bridgehead atoms. The van der Waals surface area contributed by atoms with Gasteiger partial charge in [0.1, 0.15) is 5.76 Å². The largest absolute Gasteiger partial charge is 0.444 e. The first-order valence-corrected chi connectivity index (χ1v) is 14.4. The summed E-state index contributed by atoms with van der Waals surface area (Å²) in [4.78, 5) is 23.2. The van der Waals surface area contributed by atoms with Crippen LogP contribution in [-0.4, -0.2) is 40.7 Å². The number of aromatic nitrogens is 2. The highest BCUT2D eigenvalue weighted by atomic mass is 35.5. The van der Waals surface area contributed by atoms with E-state index in [-0.39, 0.29) is 11.3 Å². The first-order chi connectivity index (χ1) is 16.8. The Bertz CT molecular complexity index is 1060. The second-order valence-corrected chi connectivity index (χ2v) is 12.1. The van der Waals surface area contributed by atoms with E-state index < -0.39 is 0 Å². The number of aryl methyl sites for hydroxylation is 1. The van der Waals surface area contributed by atoms with Gasteiger partial charge in [-0.25, -0.2) is 9.97 Å². The Balaban J connectivity index is 1.40. The third-order valence-corrected chi connectivity index (χ3v) is 7.67. The van der Waals surface area contributed by atoms with Crippen LogP contribution in [0, 0.1) is 0 Å². The number of hydrogen-bond donors (Lipinski definition) is 1. The summed E-state index contributed by atoms with van der Waals surface area (Å²) in [6, 6.07) is 8.38. The second kappa shape index (κ2) is 13.5. The monoisotopic (exact) mass is 554 g/mol. The number of carbonyl (C=O) groups excluding carboxylic acids is 1.